The Kier molecular flexibility index (Phi) is 7.90. The molecule has 0 aliphatic carbocycles. The molecule has 0 unspecified atom stereocenters. The zero-order valence-electron chi connectivity index (χ0n) is 8.41. The lowest BCUT2D eigenvalue weighted by Gasteiger charge is -2.04. The van der Waals surface area contributed by atoms with E-state index < -0.39 is 0 Å². The van der Waals surface area contributed by atoms with E-state index >= 15 is 0 Å². The molecule has 0 atom stereocenters. The van der Waals surface area contributed by atoms with Gasteiger partial charge >= 0.3 is 5.97 Å². The second-order valence-electron chi connectivity index (χ2n) is 3.53. The summed E-state index contributed by atoms with van der Waals surface area (Å²) < 4.78 is 4.80. The number of hydrogen-bond donors (Lipinski definition) is 0. The van der Waals surface area contributed by atoms with E-state index in [4.69, 9.17) is 4.74 Å². The molecule has 0 radical (unpaired) electrons. The van der Waals surface area contributed by atoms with Crippen LogP contribution in [-0.2, 0) is 9.53 Å². The van der Waals surface area contributed by atoms with E-state index in [0.29, 0.717) is 6.61 Å². The standard InChI is InChI=1S/C10H18O2S/c1-9(2)6-4-3-5-7-12-10(11)8-13/h8-9H,3-7H2,1-2H3. The van der Waals surface area contributed by atoms with Gasteiger partial charge in [0.1, 0.15) is 0 Å². The van der Waals surface area contributed by atoms with Gasteiger partial charge in [-0.1, -0.05) is 45.3 Å². The third-order valence-corrected chi connectivity index (χ3v) is 1.96. The predicted octanol–water partition coefficient (Wildman–Crippen LogP) is 2.75. The lowest BCUT2D eigenvalue weighted by atomic mass is 10.1. The van der Waals surface area contributed by atoms with Crippen LogP contribution in [0.5, 0.6) is 0 Å². The smallest absolute Gasteiger partial charge is 0.341 e. The first-order valence-corrected chi connectivity index (χ1v) is 5.26. The molecule has 0 heterocycles. The summed E-state index contributed by atoms with van der Waals surface area (Å²) in [5, 5.41) is 1.04. The van der Waals surface area contributed by atoms with Crippen molar-refractivity contribution in [3.05, 3.63) is 0 Å². The monoisotopic (exact) mass is 202 g/mol. The van der Waals surface area contributed by atoms with Crippen LogP contribution in [0.1, 0.15) is 39.5 Å². The summed E-state index contributed by atoms with van der Waals surface area (Å²) in [5.74, 6) is 0.377. The zero-order chi connectivity index (χ0) is 10.1. The molecule has 0 bridgehead atoms. The van der Waals surface area contributed by atoms with Crippen molar-refractivity contribution in [2.24, 2.45) is 5.92 Å². The second kappa shape index (κ2) is 8.17. The molecule has 0 saturated heterocycles. The predicted molar refractivity (Wildman–Crippen MR) is 57.9 cm³/mol. The van der Waals surface area contributed by atoms with Crippen LogP contribution in [0, 0.1) is 5.92 Å². The van der Waals surface area contributed by atoms with Crippen LogP contribution >= 0.6 is 12.2 Å². The van der Waals surface area contributed by atoms with Gasteiger partial charge in [0.15, 0.2) is 0 Å². The van der Waals surface area contributed by atoms with Crippen molar-refractivity contribution in [1.29, 1.82) is 0 Å². The van der Waals surface area contributed by atoms with Crippen LogP contribution in [0.4, 0.5) is 0 Å². The Morgan fingerprint density at radius 3 is 2.62 bits per heavy atom. The van der Waals surface area contributed by atoms with E-state index in [1.165, 1.54) is 12.8 Å². The summed E-state index contributed by atoms with van der Waals surface area (Å²) >= 11 is 4.41. The normalized spacial score (nSPS) is 10.1. The molecular formula is C10H18O2S. The Balaban J connectivity index is 3.08. The molecule has 0 aromatic rings. The van der Waals surface area contributed by atoms with Crippen LogP contribution < -0.4 is 0 Å². The molecule has 76 valence electrons. The van der Waals surface area contributed by atoms with Gasteiger partial charge < -0.3 is 4.74 Å². The maximum absolute atomic E-state index is 10.6. The SMILES string of the molecule is CC(C)CCCCCOC(=O)C=S. The molecule has 0 saturated carbocycles. The fraction of sp³-hybridized carbons (Fsp3) is 0.800. The van der Waals surface area contributed by atoms with E-state index in [9.17, 15) is 4.79 Å². The van der Waals surface area contributed by atoms with Crippen molar-refractivity contribution < 1.29 is 9.53 Å². The highest BCUT2D eigenvalue weighted by molar-refractivity contribution is 7.80. The van der Waals surface area contributed by atoms with Crippen molar-refractivity contribution in [2.75, 3.05) is 6.61 Å². The Morgan fingerprint density at radius 1 is 1.38 bits per heavy atom. The first kappa shape index (κ1) is 12.6. The average Bonchev–Trinajstić information content (AvgIpc) is 2.10. The zero-order valence-corrected chi connectivity index (χ0v) is 9.23. The quantitative estimate of drug-likeness (QED) is 0.361. The summed E-state index contributed by atoms with van der Waals surface area (Å²) in [6.07, 6.45) is 4.54. The van der Waals surface area contributed by atoms with E-state index in [1.54, 1.807) is 0 Å². The van der Waals surface area contributed by atoms with Crippen molar-refractivity contribution >= 4 is 23.6 Å². The highest BCUT2D eigenvalue weighted by Gasteiger charge is 1.97. The summed E-state index contributed by atoms with van der Waals surface area (Å²) in [6, 6.07) is 0. The maximum atomic E-state index is 10.6. The van der Waals surface area contributed by atoms with Crippen LogP contribution in [0.3, 0.4) is 0 Å². The minimum Gasteiger partial charge on any atom is -0.462 e. The summed E-state index contributed by atoms with van der Waals surface area (Å²) in [6.45, 7) is 4.93. The minimum atomic E-state index is -0.390. The minimum absolute atomic E-state index is 0.390. The molecule has 0 fully saturated rings. The number of rotatable bonds is 7. The number of carbonyl (C=O) groups excluding carboxylic acids is 1. The molecule has 0 amide bonds. The summed E-state index contributed by atoms with van der Waals surface area (Å²) in [7, 11) is 0. The molecule has 0 N–H and O–H groups in total. The van der Waals surface area contributed by atoms with Crippen LogP contribution in [0.25, 0.3) is 0 Å². The van der Waals surface area contributed by atoms with Gasteiger partial charge in [0.25, 0.3) is 0 Å². The largest absolute Gasteiger partial charge is 0.462 e. The van der Waals surface area contributed by atoms with E-state index in [2.05, 4.69) is 26.1 Å². The van der Waals surface area contributed by atoms with Gasteiger partial charge in [-0.2, -0.15) is 0 Å². The molecule has 0 aliphatic heterocycles. The molecule has 0 aromatic carbocycles. The van der Waals surface area contributed by atoms with Crippen molar-refractivity contribution in [2.45, 2.75) is 39.5 Å². The number of thiocarbonyl (C=S) groups is 1. The third-order valence-electron chi connectivity index (χ3n) is 1.77. The molecule has 0 rings (SSSR count). The van der Waals surface area contributed by atoms with Crippen LogP contribution in [0.15, 0.2) is 0 Å². The Labute approximate surface area is 85.7 Å². The van der Waals surface area contributed by atoms with E-state index in [1.807, 2.05) is 0 Å². The van der Waals surface area contributed by atoms with Gasteiger partial charge in [-0.05, 0) is 12.3 Å². The number of carbonyl (C=O) groups is 1. The lowest BCUT2D eigenvalue weighted by molar-refractivity contribution is -0.134. The number of unbranched alkanes of at least 4 members (excludes halogenated alkanes) is 2. The Morgan fingerprint density at radius 2 is 2.08 bits per heavy atom. The van der Waals surface area contributed by atoms with Crippen LogP contribution in [0.2, 0.25) is 0 Å². The van der Waals surface area contributed by atoms with Gasteiger partial charge in [-0.15, -0.1) is 0 Å². The van der Waals surface area contributed by atoms with Gasteiger partial charge in [-0.3, -0.25) is 0 Å². The van der Waals surface area contributed by atoms with Crippen molar-refractivity contribution in [3.63, 3.8) is 0 Å². The summed E-state index contributed by atoms with van der Waals surface area (Å²) in [4.78, 5) is 10.6. The molecular weight excluding hydrogens is 184 g/mol. The van der Waals surface area contributed by atoms with Gasteiger partial charge in [0.2, 0.25) is 0 Å². The highest BCUT2D eigenvalue weighted by atomic mass is 32.1. The average molecular weight is 202 g/mol. The van der Waals surface area contributed by atoms with Gasteiger partial charge in [-0.25, -0.2) is 4.79 Å². The first-order valence-electron chi connectivity index (χ1n) is 4.78. The van der Waals surface area contributed by atoms with E-state index in [0.717, 1.165) is 24.1 Å². The number of hydrogen-bond acceptors (Lipinski definition) is 3. The van der Waals surface area contributed by atoms with Crippen molar-refractivity contribution in [1.82, 2.24) is 0 Å². The Hall–Kier alpha value is -0.440. The number of ether oxygens (including phenoxy) is 1. The molecule has 0 aromatic heterocycles. The van der Waals surface area contributed by atoms with Crippen molar-refractivity contribution in [3.8, 4) is 0 Å². The fourth-order valence-electron chi connectivity index (χ4n) is 1.04. The second-order valence-corrected chi connectivity index (χ2v) is 3.76. The highest BCUT2D eigenvalue weighted by Crippen LogP contribution is 2.07. The van der Waals surface area contributed by atoms with E-state index in [-0.39, 0.29) is 5.97 Å². The summed E-state index contributed by atoms with van der Waals surface area (Å²) in [5.41, 5.74) is 0. The molecule has 13 heavy (non-hydrogen) atoms. The van der Waals surface area contributed by atoms with Gasteiger partial charge in [0, 0.05) is 0 Å². The first-order chi connectivity index (χ1) is 6.16. The molecule has 2 nitrogen and oxygen atoms in total. The third kappa shape index (κ3) is 9.47. The Bertz CT molecular complexity index is 155. The molecule has 0 spiro atoms. The topological polar surface area (TPSA) is 26.3 Å². The van der Waals surface area contributed by atoms with Gasteiger partial charge in [0.05, 0.1) is 12.0 Å². The molecule has 3 heteroatoms. The molecule has 0 aliphatic rings. The number of esters is 1. The maximum Gasteiger partial charge on any atom is 0.341 e. The van der Waals surface area contributed by atoms with Crippen LogP contribution in [-0.4, -0.2) is 17.9 Å². The lowest BCUT2D eigenvalue weighted by Crippen LogP contribution is -2.05. The fourth-order valence-corrected chi connectivity index (χ4v) is 1.11.